The van der Waals surface area contributed by atoms with Gasteiger partial charge in [0.2, 0.25) is 0 Å². The molecule has 1 aromatic carbocycles. The maximum Gasteiger partial charge on any atom is 0.272 e. The summed E-state index contributed by atoms with van der Waals surface area (Å²) in [6.45, 7) is 0.599. The Morgan fingerprint density at radius 1 is 1.10 bits per heavy atom. The Kier molecular flexibility index (Phi) is 3.76. The lowest BCUT2D eigenvalue weighted by Gasteiger charge is -2.03. The SMILES string of the molecule is O=S(=O)(Nc1ccn(Cc2ccccc2)n1)c1cccs1. The van der Waals surface area contributed by atoms with E-state index < -0.39 is 10.0 Å². The van der Waals surface area contributed by atoms with Gasteiger partial charge in [0.1, 0.15) is 4.21 Å². The Labute approximate surface area is 126 Å². The molecule has 0 atom stereocenters. The van der Waals surface area contributed by atoms with Gasteiger partial charge < -0.3 is 0 Å². The Hall–Kier alpha value is -2.12. The van der Waals surface area contributed by atoms with Crippen LogP contribution in [0.4, 0.5) is 5.82 Å². The van der Waals surface area contributed by atoms with E-state index in [9.17, 15) is 8.42 Å². The molecule has 2 heterocycles. The second kappa shape index (κ2) is 5.71. The van der Waals surface area contributed by atoms with Crippen molar-refractivity contribution in [2.75, 3.05) is 4.72 Å². The molecule has 7 heteroatoms. The summed E-state index contributed by atoms with van der Waals surface area (Å²) in [4.78, 5) is 0. The number of nitrogens with zero attached hydrogens (tertiary/aromatic N) is 2. The molecule has 0 bridgehead atoms. The maximum absolute atomic E-state index is 12.1. The van der Waals surface area contributed by atoms with Gasteiger partial charge in [-0.2, -0.15) is 5.10 Å². The molecule has 5 nitrogen and oxygen atoms in total. The largest absolute Gasteiger partial charge is 0.272 e. The van der Waals surface area contributed by atoms with Gasteiger partial charge >= 0.3 is 0 Å². The molecular formula is C14H13N3O2S2. The molecule has 3 rings (SSSR count). The number of benzene rings is 1. The zero-order valence-corrected chi connectivity index (χ0v) is 12.6. The van der Waals surface area contributed by atoms with Crippen LogP contribution in [0.1, 0.15) is 5.56 Å². The van der Waals surface area contributed by atoms with Crippen molar-refractivity contribution >= 4 is 27.2 Å². The van der Waals surface area contributed by atoms with Gasteiger partial charge in [0.05, 0.1) is 6.54 Å². The number of nitrogens with one attached hydrogen (secondary N) is 1. The molecule has 0 saturated heterocycles. The van der Waals surface area contributed by atoms with E-state index >= 15 is 0 Å². The van der Waals surface area contributed by atoms with E-state index in [1.165, 1.54) is 11.3 Å². The molecule has 0 amide bonds. The lowest BCUT2D eigenvalue weighted by atomic mass is 10.2. The number of hydrogen-bond acceptors (Lipinski definition) is 4. The molecular weight excluding hydrogens is 306 g/mol. The van der Waals surface area contributed by atoms with Crippen LogP contribution >= 0.6 is 11.3 Å². The van der Waals surface area contributed by atoms with E-state index in [4.69, 9.17) is 0 Å². The Morgan fingerprint density at radius 3 is 2.62 bits per heavy atom. The van der Waals surface area contributed by atoms with Gasteiger partial charge in [-0.25, -0.2) is 8.42 Å². The first-order valence-electron chi connectivity index (χ1n) is 6.27. The summed E-state index contributed by atoms with van der Waals surface area (Å²) in [5.74, 6) is 0.319. The smallest absolute Gasteiger partial charge is 0.266 e. The molecule has 0 fully saturated rings. The van der Waals surface area contributed by atoms with Crippen molar-refractivity contribution in [3.05, 3.63) is 65.7 Å². The molecule has 3 aromatic rings. The predicted molar refractivity (Wildman–Crippen MR) is 82.9 cm³/mol. The summed E-state index contributed by atoms with van der Waals surface area (Å²) in [7, 11) is -3.54. The summed E-state index contributed by atoms with van der Waals surface area (Å²) in [5, 5.41) is 5.96. The third-order valence-electron chi connectivity index (χ3n) is 2.83. The zero-order chi connectivity index (χ0) is 14.7. The van der Waals surface area contributed by atoms with Crippen LogP contribution in [0.25, 0.3) is 0 Å². The van der Waals surface area contributed by atoms with E-state index in [0.29, 0.717) is 12.4 Å². The number of thiophene rings is 1. The Morgan fingerprint density at radius 2 is 1.90 bits per heavy atom. The minimum absolute atomic E-state index is 0.278. The lowest BCUT2D eigenvalue weighted by Crippen LogP contribution is -2.12. The quantitative estimate of drug-likeness (QED) is 0.786. The van der Waals surface area contributed by atoms with Gasteiger partial charge in [-0.05, 0) is 17.0 Å². The van der Waals surface area contributed by atoms with Gasteiger partial charge in [0.25, 0.3) is 10.0 Å². The Balaban J connectivity index is 1.74. The summed E-state index contributed by atoms with van der Waals surface area (Å²) in [6.07, 6.45) is 1.75. The van der Waals surface area contributed by atoms with E-state index in [2.05, 4.69) is 9.82 Å². The first-order valence-corrected chi connectivity index (χ1v) is 8.63. The van der Waals surface area contributed by atoms with E-state index in [1.54, 1.807) is 34.5 Å². The molecule has 0 radical (unpaired) electrons. The monoisotopic (exact) mass is 319 g/mol. The van der Waals surface area contributed by atoms with Gasteiger partial charge in [0.15, 0.2) is 5.82 Å². The van der Waals surface area contributed by atoms with Crippen molar-refractivity contribution < 1.29 is 8.42 Å². The van der Waals surface area contributed by atoms with Crippen molar-refractivity contribution in [1.29, 1.82) is 0 Å². The van der Waals surface area contributed by atoms with Gasteiger partial charge in [-0.15, -0.1) is 11.3 Å². The fourth-order valence-corrected chi connectivity index (χ4v) is 3.87. The average molecular weight is 319 g/mol. The number of aromatic nitrogens is 2. The molecule has 0 unspecified atom stereocenters. The summed E-state index contributed by atoms with van der Waals surface area (Å²) >= 11 is 1.17. The third-order valence-corrected chi connectivity index (χ3v) is 5.58. The summed E-state index contributed by atoms with van der Waals surface area (Å²) in [5.41, 5.74) is 1.10. The third kappa shape index (κ3) is 3.32. The van der Waals surface area contributed by atoms with Crippen LogP contribution < -0.4 is 4.72 Å². The highest BCUT2D eigenvalue weighted by molar-refractivity contribution is 7.94. The molecule has 0 spiro atoms. The van der Waals surface area contributed by atoms with Crippen LogP contribution in [0.5, 0.6) is 0 Å². The van der Waals surface area contributed by atoms with Gasteiger partial charge in [0, 0.05) is 12.3 Å². The molecule has 0 saturated carbocycles. The second-order valence-electron chi connectivity index (χ2n) is 4.42. The lowest BCUT2D eigenvalue weighted by molar-refractivity contribution is 0.602. The molecule has 1 N–H and O–H groups in total. The molecule has 108 valence electrons. The van der Waals surface area contributed by atoms with Crippen LogP contribution in [0.3, 0.4) is 0 Å². The highest BCUT2D eigenvalue weighted by Gasteiger charge is 2.16. The summed E-state index contributed by atoms with van der Waals surface area (Å²) in [6, 6.07) is 14.8. The van der Waals surface area contributed by atoms with E-state index in [1.807, 2.05) is 30.3 Å². The fraction of sp³-hybridized carbons (Fsp3) is 0.0714. The molecule has 0 aliphatic heterocycles. The highest BCUT2D eigenvalue weighted by atomic mass is 32.2. The van der Waals surface area contributed by atoms with E-state index in [0.717, 1.165) is 5.56 Å². The van der Waals surface area contributed by atoms with Gasteiger partial charge in [-0.1, -0.05) is 36.4 Å². The second-order valence-corrected chi connectivity index (χ2v) is 7.28. The number of anilines is 1. The molecule has 2 aromatic heterocycles. The minimum atomic E-state index is -3.54. The van der Waals surface area contributed by atoms with E-state index in [-0.39, 0.29) is 4.21 Å². The number of hydrogen-bond donors (Lipinski definition) is 1. The van der Waals surface area contributed by atoms with Crippen LogP contribution in [-0.4, -0.2) is 18.2 Å². The van der Waals surface area contributed by atoms with Crippen LogP contribution in [0.2, 0.25) is 0 Å². The van der Waals surface area contributed by atoms with Crippen molar-refractivity contribution in [2.24, 2.45) is 0 Å². The first kappa shape index (κ1) is 13.8. The zero-order valence-electron chi connectivity index (χ0n) is 11.0. The normalized spacial score (nSPS) is 11.4. The number of rotatable bonds is 5. The number of sulfonamides is 1. The summed E-state index contributed by atoms with van der Waals surface area (Å²) < 4.78 is 28.6. The first-order chi connectivity index (χ1) is 10.1. The average Bonchev–Trinajstić information content (AvgIpc) is 3.11. The topological polar surface area (TPSA) is 64.0 Å². The maximum atomic E-state index is 12.1. The van der Waals surface area contributed by atoms with Crippen molar-refractivity contribution in [2.45, 2.75) is 10.8 Å². The van der Waals surface area contributed by atoms with Crippen molar-refractivity contribution in [3.8, 4) is 0 Å². The van der Waals surface area contributed by atoms with Crippen LogP contribution in [0, 0.1) is 0 Å². The highest BCUT2D eigenvalue weighted by Crippen LogP contribution is 2.19. The van der Waals surface area contributed by atoms with Crippen molar-refractivity contribution in [1.82, 2.24) is 9.78 Å². The van der Waals surface area contributed by atoms with Crippen molar-refractivity contribution in [3.63, 3.8) is 0 Å². The standard InChI is InChI=1S/C14H13N3O2S2/c18-21(19,14-7-4-10-20-14)16-13-8-9-17(15-13)11-12-5-2-1-3-6-12/h1-10H,11H2,(H,15,16). The molecule has 21 heavy (non-hydrogen) atoms. The van der Waals surface area contributed by atoms with Gasteiger partial charge in [-0.3, -0.25) is 9.40 Å². The Bertz CT molecular complexity index is 809. The minimum Gasteiger partial charge on any atom is -0.266 e. The predicted octanol–water partition coefficient (Wildman–Crippen LogP) is 2.79. The van der Waals surface area contributed by atoms with Crippen LogP contribution in [0.15, 0.2) is 64.3 Å². The molecule has 0 aliphatic carbocycles. The molecule has 0 aliphatic rings. The van der Waals surface area contributed by atoms with Crippen LogP contribution in [-0.2, 0) is 16.6 Å². The fourth-order valence-electron chi connectivity index (χ4n) is 1.88.